The second kappa shape index (κ2) is 7.54. The highest BCUT2D eigenvalue weighted by Crippen LogP contribution is 2.28. The van der Waals surface area contributed by atoms with Crippen molar-refractivity contribution in [3.8, 4) is 17.2 Å². The van der Waals surface area contributed by atoms with Gasteiger partial charge in [-0.1, -0.05) is 12.1 Å². The van der Waals surface area contributed by atoms with Gasteiger partial charge < -0.3 is 19.5 Å². The molecule has 0 spiro atoms. The van der Waals surface area contributed by atoms with Crippen LogP contribution in [0, 0.1) is 13.8 Å². The summed E-state index contributed by atoms with van der Waals surface area (Å²) in [5, 5.41) is 2.85. The molecule has 0 aliphatic heterocycles. The maximum atomic E-state index is 12.1. The van der Waals surface area contributed by atoms with E-state index in [0.29, 0.717) is 11.5 Å². The van der Waals surface area contributed by atoms with Gasteiger partial charge in [0.1, 0.15) is 5.75 Å². The van der Waals surface area contributed by atoms with Crippen LogP contribution in [0.4, 0.5) is 5.69 Å². The fourth-order valence-corrected chi connectivity index (χ4v) is 2.22. The van der Waals surface area contributed by atoms with E-state index in [1.54, 1.807) is 26.4 Å². The van der Waals surface area contributed by atoms with Crippen LogP contribution >= 0.6 is 0 Å². The molecule has 23 heavy (non-hydrogen) atoms. The molecular weight excluding hydrogens is 294 g/mol. The number of para-hydroxylation sites is 2. The van der Waals surface area contributed by atoms with Gasteiger partial charge in [0.05, 0.1) is 14.2 Å². The molecule has 0 aromatic heterocycles. The lowest BCUT2D eigenvalue weighted by atomic mass is 10.1. The van der Waals surface area contributed by atoms with E-state index in [1.807, 2.05) is 38.1 Å². The maximum absolute atomic E-state index is 12.1. The lowest BCUT2D eigenvalue weighted by molar-refractivity contribution is -0.118. The summed E-state index contributed by atoms with van der Waals surface area (Å²) >= 11 is 0. The minimum absolute atomic E-state index is 0.0924. The molecule has 0 unspecified atom stereocenters. The monoisotopic (exact) mass is 315 g/mol. The van der Waals surface area contributed by atoms with Crippen molar-refractivity contribution >= 4 is 11.6 Å². The first-order chi connectivity index (χ1) is 11.1. The number of amides is 1. The average Bonchev–Trinajstić information content (AvgIpc) is 2.57. The van der Waals surface area contributed by atoms with E-state index in [4.69, 9.17) is 14.2 Å². The van der Waals surface area contributed by atoms with Gasteiger partial charge in [0.25, 0.3) is 5.91 Å². The van der Waals surface area contributed by atoms with Crippen LogP contribution < -0.4 is 19.5 Å². The molecule has 0 saturated carbocycles. The zero-order valence-corrected chi connectivity index (χ0v) is 13.8. The number of hydrogen-bond acceptors (Lipinski definition) is 4. The molecule has 2 aromatic carbocycles. The third-order valence-electron chi connectivity index (χ3n) is 3.66. The van der Waals surface area contributed by atoms with Crippen molar-refractivity contribution < 1.29 is 19.0 Å². The summed E-state index contributed by atoms with van der Waals surface area (Å²) < 4.78 is 16.0. The smallest absolute Gasteiger partial charge is 0.262 e. The van der Waals surface area contributed by atoms with E-state index in [2.05, 4.69) is 5.32 Å². The van der Waals surface area contributed by atoms with Crippen molar-refractivity contribution in [2.24, 2.45) is 0 Å². The summed E-state index contributed by atoms with van der Waals surface area (Å²) in [6.07, 6.45) is 0. The number of carbonyl (C=O) groups excluding carboxylic acids is 1. The van der Waals surface area contributed by atoms with Crippen LogP contribution in [0.1, 0.15) is 11.1 Å². The first-order valence-electron chi connectivity index (χ1n) is 7.26. The number of ether oxygens (including phenoxy) is 3. The Morgan fingerprint density at radius 1 is 0.913 bits per heavy atom. The van der Waals surface area contributed by atoms with E-state index in [0.717, 1.165) is 22.6 Å². The molecule has 5 heteroatoms. The van der Waals surface area contributed by atoms with Crippen LogP contribution in [-0.2, 0) is 4.79 Å². The van der Waals surface area contributed by atoms with Gasteiger partial charge in [0.2, 0.25) is 0 Å². The number of benzene rings is 2. The standard InChI is InChI=1S/C18H21NO4/c1-12-13(2)15(21-3)10-9-14(12)19-18(20)11-23-17-8-6-5-7-16(17)22-4/h5-10H,11H2,1-4H3,(H,19,20). The first kappa shape index (κ1) is 16.7. The Kier molecular flexibility index (Phi) is 5.46. The zero-order chi connectivity index (χ0) is 16.8. The highest BCUT2D eigenvalue weighted by atomic mass is 16.5. The van der Waals surface area contributed by atoms with Gasteiger partial charge in [0.15, 0.2) is 18.1 Å². The minimum atomic E-state index is -0.233. The second-order valence-electron chi connectivity index (χ2n) is 5.05. The minimum Gasteiger partial charge on any atom is -0.496 e. The van der Waals surface area contributed by atoms with Gasteiger partial charge in [-0.3, -0.25) is 4.79 Å². The maximum Gasteiger partial charge on any atom is 0.262 e. The average molecular weight is 315 g/mol. The highest BCUT2D eigenvalue weighted by Gasteiger charge is 2.11. The lowest BCUT2D eigenvalue weighted by Crippen LogP contribution is -2.21. The normalized spacial score (nSPS) is 10.1. The first-order valence-corrected chi connectivity index (χ1v) is 7.26. The number of rotatable bonds is 6. The molecule has 1 N–H and O–H groups in total. The summed E-state index contributed by atoms with van der Waals surface area (Å²) in [4.78, 5) is 12.1. The van der Waals surface area contributed by atoms with Crippen molar-refractivity contribution in [2.45, 2.75) is 13.8 Å². The topological polar surface area (TPSA) is 56.8 Å². The van der Waals surface area contributed by atoms with Crippen molar-refractivity contribution in [2.75, 3.05) is 26.1 Å². The number of carbonyl (C=O) groups is 1. The fraction of sp³-hybridized carbons (Fsp3) is 0.278. The Morgan fingerprint density at radius 3 is 2.22 bits per heavy atom. The summed E-state index contributed by atoms with van der Waals surface area (Å²) in [6, 6.07) is 10.9. The molecule has 1 amide bonds. The Hall–Kier alpha value is -2.69. The van der Waals surface area contributed by atoms with Gasteiger partial charge >= 0.3 is 0 Å². The quantitative estimate of drug-likeness (QED) is 0.888. The zero-order valence-electron chi connectivity index (χ0n) is 13.8. The van der Waals surface area contributed by atoms with E-state index in [1.165, 1.54) is 0 Å². The largest absolute Gasteiger partial charge is 0.496 e. The molecular formula is C18H21NO4. The number of anilines is 1. The van der Waals surface area contributed by atoms with Crippen molar-refractivity contribution in [3.05, 3.63) is 47.5 Å². The van der Waals surface area contributed by atoms with Crippen LogP contribution in [0.15, 0.2) is 36.4 Å². The van der Waals surface area contributed by atoms with Crippen molar-refractivity contribution in [3.63, 3.8) is 0 Å². The van der Waals surface area contributed by atoms with Crippen molar-refractivity contribution in [1.29, 1.82) is 0 Å². The van der Waals surface area contributed by atoms with E-state index in [9.17, 15) is 4.79 Å². The fourth-order valence-electron chi connectivity index (χ4n) is 2.22. The summed E-state index contributed by atoms with van der Waals surface area (Å²) in [5.74, 6) is 1.69. The second-order valence-corrected chi connectivity index (χ2v) is 5.05. The Bertz CT molecular complexity index is 697. The van der Waals surface area contributed by atoms with Gasteiger partial charge in [0, 0.05) is 5.69 Å². The molecule has 0 bridgehead atoms. The van der Waals surface area contributed by atoms with Gasteiger partial charge in [-0.15, -0.1) is 0 Å². The molecule has 0 radical (unpaired) electrons. The molecule has 5 nitrogen and oxygen atoms in total. The SMILES string of the molecule is COc1ccccc1OCC(=O)Nc1ccc(OC)c(C)c1C. The van der Waals surface area contributed by atoms with Crippen LogP contribution in [0.2, 0.25) is 0 Å². The Balaban J connectivity index is 2.02. The Morgan fingerprint density at radius 2 is 1.57 bits per heavy atom. The molecule has 0 saturated heterocycles. The highest BCUT2D eigenvalue weighted by molar-refractivity contribution is 5.93. The van der Waals surface area contributed by atoms with Crippen LogP contribution in [0.3, 0.4) is 0 Å². The number of hydrogen-bond donors (Lipinski definition) is 1. The molecule has 0 fully saturated rings. The predicted octanol–water partition coefficient (Wildman–Crippen LogP) is 3.34. The lowest BCUT2D eigenvalue weighted by Gasteiger charge is -2.14. The number of nitrogens with one attached hydrogen (secondary N) is 1. The van der Waals surface area contributed by atoms with Gasteiger partial charge in [-0.05, 0) is 49.2 Å². The Labute approximate surface area is 136 Å². The van der Waals surface area contributed by atoms with E-state index in [-0.39, 0.29) is 12.5 Å². The summed E-state index contributed by atoms with van der Waals surface area (Å²) in [5.41, 5.74) is 2.71. The third-order valence-corrected chi connectivity index (χ3v) is 3.66. The van der Waals surface area contributed by atoms with Crippen LogP contribution in [0.25, 0.3) is 0 Å². The molecule has 0 heterocycles. The molecule has 2 rings (SSSR count). The van der Waals surface area contributed by atoms with Crippen molar-refractivity contribution in [1.82, 2.24) is 0 Å². The van der Waals surface area contributed by atoms with E-state index < -0.39 is 0 Å². The third kappa shape index (κ3) is 3.94. The van der Waals surface area contributed by atoms with Gasteiger partial charge in [-0.2, -0.15) is 0 Å². The molecule has 2 aromatic rings. The van der Waals surface area contributed by atoms with Crippen LogP contribution in [-0.4, -0.2) is 26.7 Å². The molecule has 122 valence electrons. The molecule has 0 atom stereocenters. The molecule has 0 aliphatic rings. The van der Waals surface area contributed by atoms with Crippen LogP contribution in [0.5, 0.6) is 17.2 Å². The van der Waals surface area contributed by atoms with E-state index >= 15 is 0 Å². The molecule has 0 aliphatic carbocycles. The number of methoxy groups -OCH3 is 2. The van der Waals surface area contributed by atoms with Gasteiger partial charge in [-0.25, -0.2) is 0 Å². The predicted molar refractivity (Wildman–Crippen MR) is 89.6 cm³/mol. The summed E-state index contributed by atoms with van der Waals surface area (Å²) in [6.45, 7) is 3.80. The summed E-state index contributed by atoms with van der Waals surface area (Å²) in [7, 11) is 3.19.